The van der Waals surface area contributed by atoms with Gasteiger partial charge >= 0.3 is 0 Å². The molecule has 0 amide bonds. The molecule has 0 aliphatic rings. The Morgan fingerprint density at radius 1 is 0.179 bits per heavy atom. The standard InChI is InChI=1S/C56H34/c1-3-15-41-36(13-1)29-30-47-44-18-6-7-19-45(44)52(34-53(41)47)38-27-25-35-26-28-39(32-40(35)31-38)55-48-21-9-11-23-50(48)56(51-24-12-10-22-49(51)55)54-33-37-14-2-4-16-42(37)43-17-5-8-20-46(43)54/h1-34H. The molecule has 0 nitrogen and oxygen atoms in total. The average Bonchev–Trinajstić information content (AvgIpc) is 3.27. The summed E-state index contributed by atoms with van der Waals surface area (Å²) in [4.78, 5) is 0. The molecule has 0 saturated heterocycles. The minimum absolute atomic E-state index is 1.23. The zero-order valence-electron chi connectivity index (χ0n) is 30.6. The molecule has 56 heavy (non-hydrogen) atoms. The van der Waals surface area contributed by atoms with Gasteiger partial charge in [0.05, 0.1) is 0 Å². The summed E-state index contributed by atoms with van der Waals surface area (Å²) in [6.07, 6.45) is 0. The zero-order valence-corrected chi connectivity index (χ0v) is 30.6. The van der Waals surface area contributed by atoms with Gasteiger partial charge < -0.3 is 0 Å². The van der Waals surface area contributed by atoms with Gasteiger partial charge in [0.25, 0.3) is 0 Å². The van der Waals surface area contributed by atoms with Gasteiger partial charge in [-0.3, -0.25) is 0 Å². The van der Waals surface area contributed by atoms with Crippen LogP contribution in [0.2, 0.25) is 0 Å². The highest BCUT2D eigenvalue weighted by Gasteiger charge is 2.19. The second kappa shape index (κ2) is 12.1. The van der Waals surface area contributed by atoms with Crippen LogP contribution >= 0.6 is 0 Å². The Balaban J connectivity index is 1.11. The third-order valence-electron chi connectivity index (χ3n) is 12.2. The van der Waals surface area contributed by atoms with E-state index in [1.54, 1.807) is 0 Å². The fraction of sp³-hybridized carbons (Fsp3) is 0. The maximum atomic E-state index is 2.42. The van der Waals surface area contributed by atoms with Gasteiger partial charge in [0.15, 0.2) is 0 Å². The van der Waals surface area contributed by atoms with Crippen LogP contribution in [0.5, 0.6) is 0 Å². The number of rotatable bonds is 3. The van der Waals surface area contributed by atoms with Gasteiger partial charge in [-0.15, -0.1) is 0 Å². The predicted octanol–water partition coefficient (Wildman–Crippen LogP) is 15.9. The smallest absolute Gasteiger partial charge is 0.00199 e. The van der Waals surface area contributed by atoms with Crippen LogP contribution in [-0.4, -0.2) is 0 Å². The van der Waals surface area contributed by atoms with Crippen LogP contribution in [0.3, 0.4) is 0 Å². The van der Waals surface area contributed by atoms with Crippen molar-refractivity contribution in [3.05, 3.63) is 206 Å². The van der Waals surface area contributed by atoms with Gasteiger partial charge in [0, 0.05) is 0 Å². The second-order valence-electron chi connectivity index (χ2n) is 15.2. The lowest BCUT2D eigenvalue weighted by atomic mass is 9.83. The van der Waals surface area contributed by atoms with Crippen LogP contribution in [0.25, 0.3) is 120 Å². The number of benzene rings is 12. The summed E-state index contributed by atoms with van der Waals surface area (Å²) in [5.41, 5.74) is 7.57. The van der Waals surface area contributed by atoms with Gasteiger partial charge in [0.1, 0.15) is 0 Å². The third kappa shape index (κ3) is 4.60. The highest BCUT2D eigenvalue weighted by molar-refractivity contribution is 6.26. The van der Waals surface area contributed by atoms with Gasteiger partial charge in [0.2, 0.25) is 0 Å². The van der Waals surface area contributed by atoms with Crippen molar-refractivity contribution in [3.8, 4) is 33.4 Å². The predicted molar refractivity (Wildman–Crippen MR) is 243 cm³/mol. The molecule has 0 unspecified atom stereocenters. The molecule has 0 aliphatic carbocycles. The van der Waals surface area contributed by atoms with Crippen LogP contribution in [0, 0.1) is 0 Å². The fourth-order valence-electron chi connectivity index (χ4n) is 9.66. The monoisotopic (exact) mass is 706 g/mol. The highest BCUT2D eigenvalue weighted by atomic mass is 14.2. The summed E-state index contributed by atoms with van der Waals surface area (Å²) in [5.74, 6) is 0. The summed E-state index contributed by atoms with van der Waals surface area (Å²) in [6.45, 7) is 0. The normalized spacial score (nSPS) is 11.9. The summed E-state index contributed by atoms with van der Waals surface area (Å²) in [6, 6.07) is 76.7. The van der Waals surface area contributed by atoms with Crippen LogP contribution in [0.4, 0.5) is 0 Å². The quantitative estimate of drug-likeness (QED) is 0.127. The molecular formula is C56H34. The topological polar surface area (TPSA) is 0 Å². The first-order chi connectivity index (χ1) is 27.8. The molecule has 0 bridgehead atoms. The van der Waals surface area contributed by atoms with E-state index in [4.69, 9.17) is 0 Å². The van der Waals surface area contributed by atoms with E-state index < -0.39 is 0 Å². The summed E-state index contributed by atoms with van der Waals surface area (Å²) >= 11 is 0. The lowest BCUT2D eigenvalue weighted by Gasteiger charge is -2.20. The van der Waals surface area contributed by atoms with Crippen molar-refractivity contribution in [2.45, 2.75) is 0 Å². The second-order valence-corrected chi connectivity index (χ2v) is 15.2. The Kier molecular flexibility index (Phi) is 6.73. The molecule has 12 rings (SSSR count). The molecule has 0 aliphatic heterocycles. The van der Waals surface area contributed by atoms with Gasteiger partial charge in [-0.1, -0.05) is 182 Å². The van der Waals surface area contributed by atoms with Crippen LogP contribution in [0.1, 0.15) is 0 Å². The Bertz CT molecular complexity index is 3530. The van der Waals surface area contributed by atoms with Crippen molar-refractivity contribution < 1.29 is 0 Å². The Morgan fingerprint density at radius 2 is 0.607 bits per heavy atom. The van der Waals surface area contributed by atoms with Crippen molar-refractivity contribution >= 4 is 86.2 Å². The zero-order chi connectivity index (χ0) is 36.7. The van der Waals surface area contributed by atoms with E-state index in [2.05, 4.69) is 206 Å². The molecular weight excluding hydrogens is 673 g/mol. The van der Waals surface area contributed by atoms with E-state index in [1.165, 1.54) is 120 Å². The van der Waals surface area contributed by atoms with E-state index in [-0.39, 0.29) is 0 Å². The summed E-state index contributed by atoms with van der Waals surface area (Å²) in [7, 11) is 0. The first-order valence-electron chi connectivity index (χ1n) is 19.5. The van der Waals surface area contributed by atoms with Gasteiger partial charge in [-0.05, 0) is 144 Å². The molecule has 0 aromatic heterocycles. The van der Waals surface area contributed by atoms with Gasteiger partial charge in [-0.2, -0.15) is 0 Å². The third-order valence-corrected chi connectivity index (χ3v) is 12.2. The Labute approximate surface area is 324 Å². The van der Waals surface area contributed by atoms with E-state index >= 15 is 0 Å². The molecule has 0 fully saturated rings. The number of fused-ring (bicyclic) bond motifs is 11. The summed E-state index contributed by atoms with van der Waals surface area (Å²) < 4.78 is 0. The van der Waals surface area contributed by atoms with E-state index in [0.717, 1.165) is 0 Å². The minimum Gasteiger partial charge on any atom is -0.0616 e. The lowest BCUT2D eigenvalue weighted by molar-refractivity contribution is 1.68. The molecule has 0 atom stereocenters. The first kappa shape index (κ1) is 31.1. The lowest BCUT2D eigenvalue weighted by Crippen LogP contribution is -1.92. The molecule has 0 heteroatoms. The molecule has 258 valence electrons. The van der Waals surface area contributed by atoms with E-state index in [1.807, 2.05) is 0 Å². The minimum atomic E-state index is 1.23. The highest BCUT2D eigenvalue weighted by Crippen LogP contribution is 2.47. The van der Waals surface area contributed by atoms with Gasteiger partial charge in [-0.25, -0.2) is 0 Å². The molecule has 12 aromatic carbocycles. The number of hydrogen-bond donors (Lipinski definition) is 0. The van der Waals surface area contributed by atoms with Crippen LogP contribution in [0.15, 0.2) is 206 Å². The molecule has 0 spiro atoms. The maximum absolute atomic E-state index is 2.42. The van der Waals surface area contributed by atoms with E-state index in [9.17, 15) is 0 Å². The molecule has 0 saturated carbocycles. The average molecular weight is 707 g/mol. The van der Waals surface area contributed by atoms with Crippen LogP contribution < -0.4 is 0 Å². The SMILES string of the molecule is c1ccc2c(c1)cc(-c1c3ccccc3c(-c3ccc4ccc(-c5cc6c7ccccc7ccc6c6ccccc56)cc4c3)c3ccccc13)c1ccccc12. The Hall–Kier alpha value is -7.28. The van der Waals surface area contributed by atoms with Crippen LogP contribution in [-0.2, 0) is 0 Å². The molecule has 0 N–H and O–H groups in total. The van der Waals surface area contributed by atoms with Crippen molar-refractivity contribution in [3.63, 3.8) is 0 Å². The largest absolute Gasteiger partial charge is 0.0616 e. The van der Waals surface area contributed by atoms with Crippen molar-refractivity contribution in [2.75, 3.05) is 0 Å². The Morgan fingerprint density at radius 3 is 1.27 bits per heavy atom. The van der Waals surface area contributed by atoms with Crippen molar-refractivity contribution in [1.82, 2.24) is 0 Å². The first-order valence-corrected chi connectivity index (χ1v) is 19.5. The number of hydrogen-bond acceptors (Lipinski definition) is 0. The molecule has 12 aromatic rings. The summed E-state index contributed by atoms with van der Waals surface area (Å²) in [5, 5.41) is 20.4. The molecule has 0 heterocycles. The van der Waals surface area contributed by atoms with Crippen molar-refractivity contribution in [2.24, 2.45) is 0 Å². The van der Waals surface area contributed by atoms with E-state index in [0.29, 0.717) is 0 Å². The maximum Gasteiger partial charge on any atom is -0.00199 e. The van der Waals surface area contributed by atoms with Crippen molar-refractivity contribution in [1.29, 1.82) is 0 Å². The molecule has 0 radical (unpaired) electrons. The fourth-order valence-corrected chi connectivity index (χ4v) is 9.66.